The minimum atomic E-state index is -1.06. The van der Waals surface area contributed by atoms with Gasteiger partial charge in [0.2, 0.25) is 11.8 Å². The van der Waals surface area contributed by atoms with Crippen molar-refractivity contribution in [2.75, 3.05) is 11.9 Å². The van der Waals surface area contributed by atoms with Gasteiger partial charge in [-0.25, -0.2) is 9.78 Å². The van der Waals surface area contributed by atoms with Gasteiger partial charge >= 0.3 is 6.03 Å². The smallest absolute Gasteiger partial charge is 0.325 e. The SMILES string of the molecule is Cc1ccc(NC(=O)CN2C(=O)NC(=O)C2(C)C)cc1-c1ncco1. The van der Waals surface area contributed by atoms with E-state index < -0.39 is 23.4 Å². The lowest BCUT2D eigenvalue weighted by Crippen LogP contribution is -2.47. The molecule has 1 aliphatic heterocycles. The molecule has 0 unspecified atom stereocenters. The first-order valence-electron chi connectivity index (χ1n) is 7.72. The molecule has 0 saturated carbocycles. The van der Waals surface area contributed by atoms with Crippen molar-refractivity contribution in [2.45, 2.75) is 26.3 Å². The number of hydrogen-bond donors (Lipinski definition) is 2. The van der Waals surface area contributed by atoms with E-state index in [1.165, 1.54) is 11.2 Å². The minimum absolute atomic E-state index is 0.229. The first-order valence-corrected chi connectivity index (χ1v) is 7.72. The molecule has 1 aliphatic rings. The highest BCUT2D eigenvalue weighted by Crippen LogP contribution is 2.25. The van der Waals surface area contributed by atoms with Gasteiger partial charge in [-0.3, -0.25) is 14.9 Å². The Morgan fingerprint density at radius 1 is 1.36 bits per heavy atom. The van der Waals surface area contributed by atoms with Gasteiger partial charge in [0.05, 0.1) is 6.20 Å². The number of aryl methyl sites for hydroxylation is 1. The first-order chi connectivity index (χ1) is 11.8. The largest absolute Gasteiger partial charge is 0.445 e. The van der Waals surface area contributed by atoms with Gasteiger partial charge in [0.15, 0.2) is 0 Å². The average Bonchev–Trinajstić information content (AvgIpc) is 3.13. The number of imide groups is 1. The van der Waals surface area contributed by atoms with Gasteiger partial charge in [0.25, 0.3) is 5.91 Å². The highest BCUT2D eigenvalue weighted by atomic mass is 16.3. The van der Waals surface area contributed by atoms with Crippen molar-refractivity contribution in [3.05, 3.63) is 36.2 Å². The zero-order chi connectivity index (χ0) is 18.2. The van der Waals surface area contributed by atoms with Crippen LogP contribution in [0.2, 0.25) is 0 Å². The van der Waals surface area contributed by atoms with Crippen LogP contribution in [0, 0.1) is 6.92 Å². The molecule has 0 spiro atoms. The number of oxazole rings is 1. The van der Waals surface area contributed by atoms with Crippen molar-refractivity contribution in [3.63, 3.8) is 0 Å². The summed E-state index contributed by atoms with van der Waals surface area (Å²) in [5, 5.41) is 4.94. The lowest BCUT2D eigenvalue weighted by atomic mass is 10.0. The van der Waals surface area contributed by atoms with E-state index in [-0.39, 0.29) is 6.54 Å². The molecule has 3 rings (SSSR count). The summed E-state index contributed by atoms with van der Waals surface area (Å²) >= 11 is 0. The van der Waals surface area contributed by atoms with Gasteiger partial charge in [-0.15, -0.1) is 0 Å². The van der Waals surface area contributed by atoms with E-state index in [0.717, 1.165) is 11.1 Å². The predicted molar refractivity (Wildman–Crippen MR) is 89.6 cm³/mol. The van der Waals surface area contributed by atoms with Crippen LogP contribution in [0.15, 0.2) is 35.1 Å². The van der Waals surface area contributed by atoms with Crippen LogP contribution in [0.5, 0.6) is 0 Å². The zero-order valence-electron chi connectivity index (χ0n) is 14.1. The predicted octanol–water partition coefficient (Wildman–Crippen LogP) is 1.92. The Bertz CT molecular complexity index is 842. The summed E-state index contributed by atoms with van der Waals surface area (Å²) in [5.41, 5.74) is 1.20. The third kappa shape index (κ3) is 3.10. The molecule has 4 amide bonds. The van der Waals surface area contributed by atoms with Gasteiger partial charge in [-0.05, 0) is 38.5 Å². The van der Waals surface area contributed by atoms with Gasteiger partial charge in [-0.2, -0.15) is 0 Å². The van der Waals surface area contributed by atoms with E-state index in [0.29, 0.717) is 11.6 Å². The molecular weight excluding hydrogens is 324 g/mol. The summed E-state index contributed by atoms with van der Waals surface area (Å²) in [6, 6.07) is 4.76. The summed E-state index contributed by atoms with van der Waals surface area (Å²) in [5.74, 6) is -0.369. The van der Waals surface area contributed by atoms with Crippen molar-refractivity contribution in [1.82, 2.24) is 15.2 Å². The number of urea groups is 1. The number of aromatic nitrogens is 1. The summed E-state index contributed by atoms with van der Waals surface area (Å²) in [6.07, 6.45) is 3.02. The van der Waals surface area contributed by atoms with E-state index in [1.54, 1.807) is 32.2 Å². The van der Waals surface area contributed by atoms with Crippen LogP contribution >= 0.6 is 0 Å². The van der Waals surface area contributed by atoms with E-state index in [9.17, 15) is 14.4 Å². The average molecular weight is 342 g/mol. The maximum Gasteiger partial charge on any atom is 0.325 e. The molecule has 0 bridgehead atoms. The summed E-state index contributed by atoms with van der Waals surface area (Å²) in [4.78, 5) is 41.2. The van der Waals surface area contributed by atoms with Crippen molar-refractivity contribution >= 4 is 23.5 Å². The highest BCUT2D eigenvalue weighted by molar-refractivity contribution is 6.08. The third-order valence-corrected chi connectivity index (χ3v) is 4.18. The molecular formula is C17H18N4O4. The molecule has 2 N–H and O–H groups in total. The fourth-order valence-corrected chi connectivity index (χ4v) is 2.59. The highest BCUT2D eigenvalue weighted by Gasteiger charge is 2.46. The normalized spacial score (nSPS) is 16.0. The van der Waals surface area contributed by atoms with Crippen LogP contribution in [0.4, 0.5) is 10.5 Å². The number of carbonyl (C=O) groups excluding carboxylic acids is 3. The number of nitrogens with one attached hydrogen (secondary N) is 2. The Hall–Kier alpha value is -3.16. The molecule has 2 heterocycles. The summed E-state index contributed by atoms with van der Waals surface area (Å²) in [7, 11) is 0. The molecule has 130 valence electrons. The number of hydrogen-bond acceptors (Lipinski definition) is 5. The first kappa shape index (κ1) is 16.7. The topological polar surface area (TPSA) is 105 Å². The summed E-state index contributed by atoms with van der Waals surface area (Å²) < 4.78 is 5.30. The molecule has 0 radical (unpaired) electrons. The molecule has 8 nitrogen and oxygen atoms in total. The van der Waals surface area contributed by atoms with Crippen molar-refractivity contribution in [3.8, 4) is 11.5 Å². The molecule has 25 heavy (non-hydrogen) atoms. The van der Waals surface area contributed by atoms with Gasteiger partial charge in [0.1, 0.15) is 18.3 Å². The standard InChI is InChI=1S/C17H18N4O4/c1-10-4-5-11(8-12(10)14-18-6-7-25-14)19-13(22)9-21-16(24)20-15(23)17(21,2)3/h4-8H,9H2,1-3H3,(H,19,22)(H,20,23,24). The number of nitrogens with zero attached hydrogens (tertiary/aromatic N) is 2. The Morgan fingerprint density at radius 2 is 2.12 bits per heavy atom. The van der Waals surface area contributed by atoms with Crippen LogP contribution in [-0.2, 0) is 9.59 Å². The fraction of sp³-hybridized carbons (Fsp3) is 0.294. The lowest BCUT2D eigenvalue weighted by molar-refractivity contribution is -0.126. The van der Waals surface area contributed by atoms with Gasteiger partial charge in [-0.1, -0.05) is 6.07 Å². The van der Waals surface area contributed by atoms with E-state index >= 15 is 0 Å². The minimum Gasteiger partial charge on any atom is -0.445 e. The van der Waals surface area contributed by atoms with E-state index in [1.807, 2.05) is 13.0 Å². The second-order valence-electron chi connectivity index (χ2n) is 6.32. The number of rotatable bonds is 4. The van der Waals surface area contributed by atoms with Crippen molar-refractivity contribution < 1.29 is 18.8 Å². The second kappa shape index (κ2) is 6.04. The molecule has 1 aromatic heterocycles. The second-order valence-corrected chi connectivity index (χ2v) is 6.32. The van der Waals surface area contributed by atoms with Crippen molar-refractivity contribution in [2.24, 2.45) is 0 Å². The number of carbonyl (C=O) groups is 3. The van der Waals surface area contributed by atoms with Crippen LogP contribution in [-0.4, -0.2) is 39.8 Å². The van der Waals surface area contributed by atoms with E-state index in [4.69, 9.17) is 4.42 Å². The Morgan fingerprint density at radius 3 is 2.72 bits per heavy atom. The van der Waals surface area contributed by atoms with Gasteiger partial charge in [0, 0.05) is 11.3 Å². The fourth-order valence-electron chi connectivity index (χ4n) is 2.59. The lowest BCUT2D eigenvalue weighted by Gasteiger charge is -2.27. The summed E-state index contributed by atoms with van der Waals surface area (Å²) in [6.45, 7) is 4.86. The molecule has 1 fully saturated rings. The number of amides is 4. The van der Waals surface area contributed by atoms with Crippen LogP contribution in [0.3, 0.4) is 0 Å². The number of anilines is 1. The van der Waals surface area contributed by atoms with Crippen LogP contribution in [0.25, 0.3) is 11.5 Å². The number of benzene rings is 1. The molecule has 1 saturated heterocycles. The molecule has 8 heteroatoms. The van der Waals surface area contributed by atoms with Gasteiger partial charge < -0.3 is 14.6 Å². The molecule has 0 aliphatic carbocycles. The monoisotopic (exact) mass is 342 g/mol. The Kier molecular flexibility index (Phi) is 4.03. The third-order valence-electron chi connectivity index (χ3n) is 4.18. The maximum atomic E-state index is 12.3. The molecule has 0 atom stereocenters. The van der Waals surface area contributed by atoms with Crippen molar-refractivity contribution in [1.29, 1.82) is 0 Å². The maximum absolute atomic E-state index is 12.3. The van der Waals surface area contributed by atoms with Crippen LogP contribution in [0.1, 0.15) is 19.4 Å². The molecule has 1 aromatic carbocycles. The zero-order valence-corrected chi connectivity index (χ0v) is 14.1. The Balaban J connectivity index is 1.75. The molecule has 2 aromatic rings. The Labute approximate surface area is 144 Å². The van der Waals surface area contributed by atoms with E-state index in [2.05, 4.69) is 15.6 Å². The van der Waals surface area contributed by atoms with Crippen LogP contribution < -0.4 is 10.6 Å². The quantitative estimate of drug-likeness (QED) is 0.826.